The van der Waals surface area contributed by atoms with Crippen LogP contribution in [0.3, 0.4) is 0 Å². The lowest BCUT2D eigenvalue weighted by Gasteiger charge is -2.24. The van der Waals surface area contributed by atoms with Gasteiger partial charge in [0.2, 0.25) is 0 Å². The predicted molar refractivity (Wildman–Crippen MR) is 148 cm³/mol. The monoisotopic (exact) mass is 450 g/mol. The van der Waals surface area contributed by atoms with Gasteiger partial charge in [-0.05, 0) is 65.7 Å². The zero-order valence-electron chi connectivity index (χ0n) is 23.0. The molecule has 0 unspecified atom stereocenters. The van der Waals surface area contributed by atoms with Crippen molar-refractivity contribution in [2.45, 2.75) is 142 Å². The first-order chi connectivity index (χ1) is 15.7. The highest BCUT2D eigenvalue weighted by atomic mass is 15.2. The smallest absolute Gasteiger partial charge is 0.0109 e. The van der Waals surface area contributed by atoms with Crippen LogP contribution in [0.25, 0.3) is 0 Å². The average molecular weight is 451 g/mol. The predicted octanol–water partition coefficient (Wildman–Crippen LogP) is 9.25. The molecule has 0 saturated carbocycles. The first-order valence-electron chi connectivity index (χ1n) is 14.7. The summed E-state index contributed by atoms with van der Waals surface area (Å²) in [6, 6.07) is 0. The normalized spacial score (nSPS) is 12.1. The molecule has 0 spiro atoms. The van der Waals surface area contributed by atoms with Gasteiger partial charge in [0, 0.05) is 13.1 Å². The molecule has 0 bridgehead atoms. The molecule has 0 aliphatic heterocycles. The van der Waals surface area contributed by atoms with Gasteiger partial charge in [0.05, 0.1) is 0 Å². The lowest BCUT2D eigenvalue weighted by atomic mass is 10.1. The van der Waals surface area contributed by atoms with Crippen LogP contribution in [0, 0.1) is 0 Å². The van der Waals surface area contributed by atoms with E-state index in [1.54, 1.807) is 0 Å². The van der Waals surface area contributed by atoms with Crippen molar-refractivity contribution in [3.63, 3.8) is 0 Å². The van der Waals surface area contributed by atoms with Crippen molar-refractivity contribution in [3.8, 4) is 0 Å². The molecule has 0 aliphatic rings. The summed E-state index contributed by atoms with van der Waals surface area (Å²) in [5.41, 5.74) is 0. The molecule has 2 nitrogen and oxygen atoms in total. The standard InChI is InChI=1S/C30H62N2/c1-5-7-9-11-13-14-15-16-17-18-19-20-21-22-24-26-28-32(30-29-31(3)4)27-25-23-12-10-8-6-2/h16-17H,5-15,18-30H2,1-4H3. The molecule has 192 valence electrons. The third kappa shape index (κ3) is 25.9. The summed E-state index contributed by atoms with van der Waals surface area (Å²) in [6.45, 7) is 9.66. The fraction of sp³-hybridized carbons (Fsp3) is 0.933. The Labute approximate surface area is 204 Å². The molecule has 0 saturated heterocycles. The van der Waals surface area contributed by atoms with E-state index in [4.69, 9.17) is 0 Å². The van der Waals surface area contributed by atoms with Crippen molar-refractivity contribution in [3.05, 3.63) is 12.2 Å². The van der Waals surface area contributed by atoms with E-state index in [2.05, 4.69) is 49.9 Å². The Kier molecular flexibility index (Phi) is 26.6. The summed E-state index contributed by atoms with van der Waals surface area (Å²) >= 11 is 0. The maximum absolute atomic E-state index is 2.73. The Morgan fingerprint density at radius 3 is 1.19 bits per heavy atom. The van der Waals surface area contributed by atoms with Gasteiger partial charge in [0.25, 0.3) is 0 Å². The molecule has 0 radical (unpaired) electrons. The van der Waals surface area contributed by atoms with Crippen LogP contribution in [0.5, 0.6) is 0 Å². The Morgan fingerprint density at radius 2 is 0.781 bits per heavy atom. The SMILES string of the molecule is CCCCCCCCC=CCCCCCCCCN(CCCCCCCC)CCN(C)C. The summed E-state index contributed by atoms with van der Waals surface area (Å²) in [5, 5.41) is 0. The minimum absolute atomic E-state index is 1.20. The third-order valence-electron chi connectivity index (χ3n) is 6.68. The van der Waals surface area contributed by atoms with E-state index in [0.717, 1.165) is 0 Å². The molecule has 2 heteroatoms. The van der Waals surface area contributed by atoms with E-state index in [-0.39, 0.29) is 0 Å². The van der Waals surface area contributed by atoms with E-state index >= 15 is 0 Å². The highest BCUT2D eigenvalue weighted by Gasteiger charge is 2.05. The van der Waals surface area contributed by atoms with E-state index in [9.17, 15) is 0 Å². The van der Waals surface area contributed by atoms with Gasteiger partial charge < -0.3 is 9.80 Å². The van der Waals surface area contributed by atoms with Crippen molar-refractivity contribution in [1.82, 2.24) is 9.80 Å². The molecular formula is C30H62N2. The van der Waals surface area contributed by atoms with Crippen LogP contribution >= 0.6 is 0 Å². The summed E-state index contributed by atoms with van der Waals surface area (Å²) in [5.74, 6) is 0. The molecule has 0 fully saturated rings. The summed E-state index contributed by atoms with van der Waals surface area (Å²) in [7, 11) is 4.40. The molecule has 32 heavy (non-hydrogen) atoms. The number of unbranched alkanes of at least 4 members (excludes halogenated alkanes) is 17. The fourth-order valence-electron chi connectivity index (χ4n) is 4.38. The second kappa shape index (κ2) is 26.9. The molecule has 0 N–H and O–H groups in total. The van der Waals surface area contributed by atoms with E-state index in [1.165, 1.54) is 155 Å². The van der Waals surface area contributed by atoms with Crippen LogP contribution in [0.15, 0.2) is 12.2 Å². The first kappa shape index (κ1) is 31.7. The van der Waals surface area contributed by atoms with Gasteiger partial charge in [0.15, 0.2) is 0 Å². The molecule has 0 atom stereocenters. The van der Waals surface area contributed by atoms with Gasteiger partial charge in [-0.25, -0.2) is 0 Å². The van der Waals surface area contributed by atoms with Crippen LogP contribution in [0.2, 0.25) is 0 Å². The summed E-state index contributed by atoms with van der Waals surface area (Å²) in [6.07, 6.45) is 32.9. The van der Waals surface area contributed by atoms with Gasteiger partial charge in [0.1, 0.15) is 0 Å². The fourth-order valence-corrected chi connectivity index (χ4v) is 4.38. The molecule has 0 aliphatic carbocycles. The lowest BCUT2D eigenvalue weighted by molar-refractivity contribution is 0.231. The molecular weight excluding hydrogens is 388 g/mol. The van der Waals surface area contributed by atoms with Crippen LogP contribution in [0.4, 0.5) is 0 Å². The Balaban J connectivity index is 3.57. The molecule has 0 aromatic heterocycles. The number of nitrogens with zero attached hydrogens (tertiary/aromatic N) is 2. The average Bonchev–Trinajstić information content (AvgIpc) is 2.78. The first-order valence-corrected chi connectivity index (χ1v) is 14.7. The van der Waals surface area contributed by atoms with Gasteiger partial charge in [-0.1, -0.05) is 116 Å². The minimum atomic E-state index is 1.20. The largest absolute Gasteiger partial charge is 0.308 e. The van der Waals surface area contributed by atoms with Crippen LogP contribution < -0.4 is 0 Å². The number of likely N-dealkylation sites (N-methyl/N-ethyl adjacent to an activating group) is 1. The van der Waals surface area contributed by atoms with Crippen molar-refractivity contribution >= 4 is 0 Å². The zero-order valence-corrected chi connectivity index (χ0v) is 23.0. The number of hydrogen-bond donors (Lipinski definition) is 0. The highest BCUT2D eigenvalue weighted by Crippen LogP contribution is 2.11. The minimum Gasteiger partial charge on any atom is -0.308 e. The molecule has 0 heterocycles. The molecule has 0 amide bonds. The highest BCUT2D eigenvalue weighted by molar-refractivity contribution is 4.81. The van der Waals surface area contributed by atoms with Crippen LogP contribution in [-0.2, 0) is 0 Å². The van der Waals surface area contributed by atoms with Gasteiger partial charge in [-0.2, -0.15) is 0 Å². The Morgan fingerprint density at radius 1 is 0.406 bits per heavy atom. The molecule has 0 aromatic rings. The van der Waals surface area contributed by atoms with Crippen molar-refractivity contribution < 1.29 is 0 Å². The second-order valence-corrected chi connectivity index (χ2v) is 10.4. The summed E-state index contributed by atoms with van der Waals surface area (Å²) < 4.78 is 0. The van der Waals surface area contributed by atoms with E-state index in [1.807, 2.05) is 0 Å². The third-order valence-corrected chi connectivity index (χ3v) is 6.68. The maximum atomic E-state index is 2.73. The van der Waals surface area contributed by atoms with Crippen LogP contribution in [0.1, 0.15) is 142 Å². The van der Waals surface area contributed by atoms with Gasteiger partial charge >= 0.3 is 0 Å². The van der Waals surface area contributed by atoms with Crippen LogP contribution in [-0.4, -0.2) is 50.1 Å². The summed E-state index contributed by atoms with van der Waals surface area (Å²) in [4.78, 5) is 5.06. The van der Waals surface area contributed by atoms with Crippen molar-refractivity contribution in [1.29, 1.82) is 0 Å². The number of hydrogen-bond acceptors (Lipinski definition) is 2. The number of rotatable bonds is 26. The Bertz CT molecular complexity index is 364. The van der Waals surface area contributed by atoms with Crippen molar-refractivity contribution in [2.24, 2.45) is 0 Å². The molecule has 0 aromatic carbocycles. The van der Waals surface area contributed by atoms with Crippen molar-refractivity contribution in [2.75, 3.05) is 40.3 Å². The van der Waals surface area contributed by atoms with Gasteiger partial charge in [-0.15, -0.1) is 0 Å². The topological polar surface area (TPSA) is 6.48 Å². The zero-order chi connectivity index (χ0) is 23.5. The second-order valence-electron chi connectivity index (χ2n) is 10.4. The number of allylic oxidation sites excluding steroid dienone is 2. The van der Waals surface area contributed by atoms with E-state index in [0.29, 0.717) is 0 Å². The molecule has 0 rings (SSSR count). The van der Waals surface area contributed by atoms with Gasteiger partial charge in [-0.3, -0.25) is 0 Å². The maximum Gasteiger partial charge on any atom is 0.0109 e. The Hall–Kier alpha value is -0.340. The lowest BCUT2D eigenvalue weighted by Crippen LogP contribution is -2.33. The van der Waals surface area contributed by atoms with E-state index < -0.39 is 0 Å². The quantitative estimate of drug-likeness (QED) is 0.0956.